The van der Waals surface area contributed by atoms with Crippen molar-refractivity contribution in [2.24, 2.45) is 0 Å². The van der Waals surface area contributed by atoms with Crippen molar-refractivity contribution in [3.05, 3.63) is 65.7 Å². The summed E-state index contributed by atoms with van der Waals surface area (Å²) < 4.78 is 0. The van der Waals surface area contributed by atoms with Crippen LogP contribution in [0.5, 0.6) is 0 Å². The van der Waals surface area contributed by atoms with E-state index in [1.807, 2.05) is 30.3 Å². The number of urea groups is 1. The molecule has 7 nitrogen and oxygen atoms in total. The molecule has 4 amide bonds. The van der Waals surface area contributed by atoms with Gasteiger partial charge in [-0.25, -0.2) is 4.79 Å². The van der Waals surface area contributed by atoms with Crippen LogP contribution in [0.3, 0.4) is 0 Å². The van der Waals surface area contributed by atoms with Crippen LogP contribution in [0.25, 0.3) is 0 Å². The van der Waals surface area contributed by atoms with E-state index in [4.69, 9.17) is 5.73 Å². The van der Waals surface area contributed by atoms with Crippen molar-refractivity contribution in [1.29, 1.82) is 0 Å². The third-order valence-corrected chi connectivity index (χ3v) is 4.17. The van der Waals surface area contributed by atoms with Gasteiger partial charge in [0.05, 0.1) is 6.04 Å². The van der Waals surface area contributed by atoms with Gasteiger partial charge in [0.1, 0.15) is 0 Å². The number of nitrogens with two attached hydrogens (primary N) is 1. The van der Waals surface area contributed by atoms with Crippen LogP contribution >= 0.6 is 0 Å². The standard InChI is InChI=1S/C19H20N4O3/c20-15-8-6-14(7-9-15)18(25)22-19(26)21-16-10-17(24)23(12-16)11-13-4-2-1-3-5-13/h1-9,16H,10-12,20H2,(H2,21,22,25,26). The third-order valence-electron chi connectivity index (χ3n) is 4.17. The highest BCUT2D eigenvalue weighted by molar-refractivity contribution is 6.04. The number of nitrogens with one attached hydrogen (secondary N) is 2. The molecule has 7 heteroatoms. The summed E-state index contributed by atoms with van der Waals surface area (Å²) in [7, 11) is 0. The Hall–Kier alpha value is -3.35. The summed E-state index contributed by atoms with van der Waals surface area (Å²) in [5, 5.41) is 4.94. The molecule has 0 spiro atoms. The molecule has 1 heterocycles. The summed E-state index contributed by atoms with van der Waals surface area (Å²) in [4.78, 5) is 37.9. The minimum atomic E-state index is -0.619. The maximum Gasteiger partial charge on any atom is 0.322 e. The van der Waals surface area contributed by atoms with Gasteiger partial charge in [0.25, 0.3) is 5.91 Å². The fraction of sp³-hybridized carbons (Fsp3) is 0.211. The minimum Gasteiger partial charge on any atom is -0.399 e. The molecule has 1 fully saturated rings. The number of hydrogen-bond acceptors (Lipinski definition) is 4. The normalized spacial score (nSPS) is 16.4. The number of carbonyl (C=O) groups excluding carboxylic acids is 3. The molecule has 4 N–H and O–H groups in total. The second-order valence-electron chi connectivity index (χ2n) is 6.21. The topological polar surface area (TPSA) is 105 Å². The van der Waals surface area contributed by atoms with Gasteiger partial charge in [0.2, 0.25) is 5.91 Å². The lowest BCUT2D eigenvalue weighted by molar-refractivity contribution is -0.128. The zero-order valence-corrected chi connectivity index (χ0v) is 14.1. The highest BCUT2D eigenvalue weighted by atomic mass is 16.2. The van der Waals surface area contributed by atoms with Gasteiger partial charge in [-0.1, -0.05) is 30.3 Å². The quantitative estimate of drug-likeness (QED) is 0.726. The van der Waals surface area contributed by atoms with E-state index in [1.54, 1.807) is 29.2 Å². The van der Waals surface area contributed by atoms with Crippen molar-refractivity contribution in [3.63, 3.8) is 0 Å². The molecule has 0 aromatic heterocycles. The van der Waals surface area contributed by atoms with E-state index in [1.165, 1.54) is 0 Å². The molecule has 0 radical (unpaired) electrons. The van der Waals surface area contributed by atoms with Gasteiger partial charge >= 0.3 is 6.03 Å². The molecule has 1 unspecified atom stereocenters. The monoisotopic (exact) mass is 352 g/mol. The van der Waals surface area contributed by atoms with Crippen molar-refractivity contribution >= 4 is 23.5 Å². The fourth-order valence-corrected chi connectivity index (χ4v) is 2.86. The molecule has 1 atom stereocenters. The number of amides is 4. The number of likely N-dealkylation sites (tertiary alicyclic amines) is 1. The Morgan fingerprint density at radius 2 is 1.77 bits per heavy atom. The van der Waals surface area contributed by atoms with Crippen LogP contribution < -0.4 is 16.4 Å². The second kappa shape index (κ2) is 7.69. The van der Waals surface area contributed by atoms with Crippen LogP contribution in [0, 0.1) is 0 Å². The first kappa shape index (κ1) is 17.5. The van der Waals surface area contributed by atoms with Crippen LogP contribution in [0.2, 0.25) is 0 Å². The molecule has 1 aliphatic rings. The summed E-state index contributed by atoms with van der Waals surface area (Å²) in [6, 6.07) is 15.0. The van der Waals surface area contributed by atoms with E-state index in [9.17, 15) is 14.4 Å². The van der Waals surface area contributed by atoms with Crippen LogP contribution in [0.15, 0.2) is 54.6 Å². The Morgan fingerprint density at radius 1 is 1.08 bits per heavy atom. The van der Waals surface area contributed by atoms with Gasteiger partial charge in [-0.05, 0) is 29.8 Å². The van der Waals surface area contributed by atoms with Gasteiger partial charge < -0.3 is 16.0 Å². The van der Waals surface area contributed by atoms with Crippen LogP contribution in [-0.2, 0) is 11.3 Å². The number of rotatable bonds is 4. The molecule has 0 bridgehead atoms. The van der Waals surface area contributed by atoms with Crippen LogP contribution in [0.4, 0.5) is 10.5 Å². The summed E-state index contributed by atoms with van der Waals surface area (Å²) in [6.07, 6.45) is 0.219. The van der Waals surface area contributed by atoms with E-state index >= 15 is 0 Å². The van der Waals surface area contributed by atoms with Gasteiger partial charge in [-0.15, -0.1) is 0 Å². The summed E-state index contributed by atoms with van der Waals surface area (Å²) in [5.41, 5.74) is 7.47. The number of hydrogen-bond donors (Lipinski definition) is 3. The molecule has 2 aromatic rings. The van der Waals surface area contributed by atoms with Crippen molar-refractivity contribution in [2.75, 3.05) is 12.3 Å². The van der Waals surface area contributed by atoms with Crippen LogP contribution in [-0.4, -0.2) is 35.3 Å². The Balaban J connectivity index is 1.51. The van der Waals surface area contributed by atoms with Crippen molar-refractivity contribution in [3.8, 4) is 0 Å². The first-order valence-corrected chi connectivity index (χ1v) is 8.30. The maximum absolute atomic E-state index is 12.1. The van der Waals surface area contributed by atoms with E-state index in [-0.39, 0.29) is 18.4 Å². The first-order chi connectivity index (χ1) is 12.5. The molecule has 2 aromatic carbocycles. The second-order valence-corrected chi connectivity index (χ2v) is 6.21. The number of imide groups is 1. The number of anilines is 1. The highest BCUT2D eigenvalue weighted by Gasteiger charge is 2.30. The lowest BCUT2D eigenvalue weighted by Crippen LogP contribution is -2.45. The molecular weight excluding hydrogens is 332 g/mol. The van der Waals surface area contributed by atoms with Crippen molar-refractivity contribution in [1.82, 2.24) is 15.5 Å². The van der Waals surface area contributed by atoms with Gasteiger partial charge in [-0.2, -0.15) is 0 Å². The highest BCUT2D eigenvalue weighted by Crippen LogP contribution is 2.15. The Bertz CT molecular complexity index is 805. The van der Waals surface area contributed by atoms with Gasteiger partial charge in [0, 0.05) is 30.8 Å². The number of nitrogen functional groups attached to an aromatic ring is 1. The van der Waals surface area contributed by atoms with Gasteiger partial charge in [0.15, 0.2) is 0 Å². The zero-order valence-electron chi connectivity index (χ0n) is 14.1. The van der Waals surface area contributed by atoms with Crippen molar-refractivity contribution in [2.45, 2.75) is 19.0 Å². The Kier molecular flexibility index (Phi) is 5.17. The molecule has 3 rings (SSSR count). The fourth-order valence-electron chi connectivity index (χ4n) is 2.86. The predicted octanol–water partition coefficient (Wildman–Crippen LogP) is 1.51. The minimum absolute atomic E-state index is 0.0241. The van der Waals surface area contributed by atoms with Crippen LogP contribution in [0.1, 0.15) is 22.3 Å². The summed E-state index contributed by atoms with van der Waals surface area (Å²) in [6.45, 7) is 0.918. The van der Waals surface area contributed by atoms with Gasteiger partial charge in [-0.3, -0.25) is 14.9 Å². The van der Waals surface area contributed by atoms with E-state index in [0.717, 1.165) is 5.56 Å². The SMILES string of the molecule is Nc1ccc(C(=O)NC(=O)NC2CC(=O)N(Cc3ccccc3)C2)cc1. The first-order valence-electron chi connectivity index (χ1n) is 8.30. The lowest BCUT2D eigenvalue weighted by atomic mass is 10.2. The van der Waals surface area contributed by atoms with E-state index in [2.05, 4.69) is 10.6 Å². The average Bonchev–Trinajstić information content (AvgIpc) is 2.95. The zero-order chi connectivity index (χ0) is 18.5. The Labute approximate surface area is 151 Å². The summed E-state index contributed by atoms with van der Waals surface area (Å²) in [5.74, 6) is -0.544. The lowest BCUT2D eigenvalue weighted by Gasteiger charge is -2.17. The molecule has 1 saturated heterocycles. The molecular formula is C19H20N4O3. The third kappa shape index (κ3) is 4.38. The van der Waals surface area contributed by atoms with E-state index < -0.39 is 11.9 Å². The molecule has 26 heavy (non-hydrogen) atoms. The maximum atomic E-state index is 12.1. The molecule has 0 saturated carbocycles. The number of carbonyl (C=O) groups is 3. The number of benzene rings is 2. The smallest absolute Gasteiger partial charge is 0.322 e. The Morgan fingerprint density at radius 3 is 2.46 bits per heavy atom. The average molecular weight is 352 g/mol. The van der Waals surface area contributed by atoms with E-state index in [0.29, 0.717) is 24.3 Å². The van der Waals surface area contributed by atoms with Crippen molar-refractivity contribution < 1.29 is 14.4 Å². The molecule has 134 valence electrons. The molecule has 0 aliphatic carbocycles. The largest absolute Gasteiger partial charge is 0.399 e. The predicted molar refractivity (Wildman–Crippen MR) is 97.1 cm³/mol. The molecule has 1 aliphatic heterocycles. The number of nitrogens with zero attached hydrogens (tertiary/aromatic N) is 1. The summed E-state index contributed by atoms with van der Waals surface area (Å²) >= 11 is 0.